The summed E-state index contributed by atoms with van der Waals surface area (Å²) < 4.78 is 12.4. The summed E-state index contributed by atoms with van der Waals surface area (Å²) in [5.41, 5.74) is 1.09. The van der Waals surface area contributed by atoms with Gasteiger partial charge in [-0.15, -0.1) is 10.2 Å². The van der Waals surface area contributed by atoms with Crippen LogP contribution in [0.1, 0.15) is 36.5 Å². The summed E-state index contributed by atoms with van der Waals surface area (Å²) >= 11 is 0. The molecular formula is C18H20N4O3. The number of hydrogen-bond acceptors (Lipinski definition) is 6. The van der Waals surface area contributed by atoms with Gasteiger partial charge < -0.3 is 19.1 Å². The molecule has 1 aliphatic rings. The fourth-order valence-electron chi connectivity index (χ4n) is 2.99. The van der Waals surface area contributed by atoms with Gasteiger partial charge in [-0.3, -0.25) is 0 Å². The van der Waals surface area contributed by atoms with Crippen LogP contribution in [0.15, 0.2) is 12.1 Å². The van der Waals surface area contributed by atoms with Crippen LogP contribution in [0.4, 0.5) is 0 Å². The maximum Gasteiger partial charge on any atom is 0.200 e. The molecule has 130 valence electrons. The maximum absolute atomic E-state index is 10.0. The minimum atomic E-state index is -0.0722. The van der Waals surface area contributed by atoms with Gasteiger partial charge in [-0.25, -0.2) is 0 Å². The lowest BCUT2D eigenvalue weighted by molar-refractivity contribution is 0.340. The lowest BCUT2D eigenvalue weighted by Gasteiger charge is -2.10. The van der Waals surface area contributed by atoms with Crippen LogP contribution in [0.25, 0.3) is 11.6 Å². The lowest BCUT2D eigenvalue weighted by atomic mass is 10.1. The Hall–Kier alpha value is -3.01. The molecule has 0 saturated heterocycles. The van der Waals surface area contributed by atoms with Gasteiger partial charge in [-0.1, -0.05) is 6.42 Å². The normalized spacial score (nSPS) is 14.4. The number of methoxy groups -OCH3 is 2. The zero-order chi connectivity index (χ0) is 17.8. The van der Waals surface area contributed by atoms with E-state index in [1.54, 1.807) is 18.2 Å². The first-order chi connectivity index (χ1) is 12.2. The summed E-state index contributed by atoms with van der Waals surface area (Å²) in [7, 11) is 2.93. The second-order valence-corrected chi connectivity index (χ2v) is 5.85. The number of phenols is 1. The van der Waals surface area contributed by atoms with E-state index in [0.29, 0.717) is 17.0 Å². The molecule has 1 aromatic heterocycles. The van der Waals surface area contributed by atoms with Crippen LogP contribution in [-0.2, 0) is 13.0 Å². The molecule has 1 aliphatic heterocycles. The third kappa shape index (κ3) is 3.29. The SMILES string of the molecule is COc1cc(/C=C(\C#N)c2nnc3n2CCCCC3)cc(OC)c1O. The molecular weight excluding hydrogens is 320 g/mol. The third-order valence-electron chi connectivity index (χ3n) is 4.28. The van der Waals surface area contributed by atoms with Crippen molar-refractivity contribution >= 4 is 11.6 Å². The topological polar surface area (TPSA) is 93.2 Å². The minimum Gasteiger partial charge on any atom is -0.502 e. The van der Waals surface area contributed by atoms with E-state index in [1.807, 2.05) is 4.57 Å². The first-order valence-corrected chi connectivity index (χ1v) is 8.17. The maximum atomic E-state index is 10.0. The standard InChI is InChI=1S/C18H20N4O3/c1-24-14-9-12(10-15(25-2)17(14)23)8-13(11-19)18-21-20-16-6-4-3-5-7-22(16)18/h8-10,23H,3-7H2,1-2H3/b13-8+. The largest absolute Gasteiger partial charge is 0.502 e. The van der Waals surface area contributed by atoms with Crippen molar-refractivity contribution in [3.63, 3.8) is 0 Å². The van der Waals surface area contributed by atoms with Gasteiger partial charge in [0.15, 0.2) is 17.3 Å². The summed E-state index contributed by atoms with van der Waals surface area (Å²) in [6.07, 6.45) is 5.88. The molecule has 0 unspecified atom stereocenters. The Labute approximate surface area is 146 Å². The highest BCUT2D eigenvalue weighted by Gasteiger charge is 2.18. The van der Waals surface area contributed by atoms with Gasteiger partial charge in [-0.05, 0) is 36.6 Å². The number of aromatic hydroxyl groups is 1. The number of nitriles is 1. The number of hydrogen-bond donors (Lipinski definition) is 1. The molecule has 0 amide bonds. The van der Waals surface area contributed by atoms with E-state index in [4.69, 9.17) is 9.47 Å². The lowest BCUT2D eigenvalue weighted by Crippen LogP contribution is -2.05. The second kappa shape index (κ2) is 7.26. The second-order valence-electron chi connectivity index (χ2n) is 5.85. The fraction of sp³-hybridized carbons (Fsp3) is 0.389. The molecule has 0 spiro atoms. The van der Waals surface area contributed by atoms with Crippen molar-refractivity contribution in [3.05, 3.63) is 29.3 Å². The molecule has 0 aliphatic carbocycles. The zero-order valence-corrected chi connectivity index (χ0v) is 14.3. The Bertz CT molecular complexity index is 823. The van der Waals surface area contributed by atoms with E-state index in [2.05, 4.69) is 16.3 Å². The predicted molar refractivity (Wildman–Crippen MR) is 92.3 cm³/mol. The van der Waals surface area contributed by atoms with E-state index in [-0.39, 0.29) is 17.2 Å². The van der Waals surface area contributed by atoms with Crippen LogP contribution in [0, 0.1) is 11.3 Å². The Kier molecular flexibility index (Phi) is 4.89. The van der Waals surface area contributed by atoms with Crippen molar-refractivity contribution < 1.29 is 14.6 Å². The number of nitrogens with zero attached hydrogens (tertiary/aromatic N) is 4. The average molecular weight is 340 g/mol. The monoisotopic (exact) mass is 340 g/mol. The van der Waals surface area contributed by atoms with Gasteiger partial charge >= 0.3 is 0 Å². The molecule has 2 heterocycles. The number of allylic oxidation sites excluding steroid dienone is 1. The third-order valence-corrected chi connectivity index (χ3v) is 4.28. The molecule has 7 heteroatoms. The molecule has 0 bridgehead atoms. The fourth-order valence-corrected chi connectivity index (χ4v) is 2.99. The predicted octanol–water partition coefficient (Wildman–Crippen LogP) is 2.79. The highest BCUT2D eigenvalue weighted by molar-refractivity contribution is 5.88. The van der Waals surface area contributed by atoms with E-state index >= 15 is 0 Å². The van der Waals surface area contributed by atoms with E-state index < -0.39 is 0 Å². The zero-order valence-electron chi connectivity index (χ0n) is 14.3. The van der Waals surface area contributed by atoms with Crippen LogP contribution in [0.5, 0.6) is 17.2 Å². The Morgan fingerprint density at radius 1 is 1.20 bits per heavy atom. The van der Waals surface area contributed by atoms with Crippen molar-refractivity contribution in [2.75, 3.05) is 14.2 Å². The van der Waals surface area contributed by atoms with Crippen LogP contribution >= 0.6 is 0 Å². The molecule has 2 aromatic rings. The van der Waals surface area contributed by atoms with Crippen LogP contribution < -0.4 is 9.47 Å². The number of aryl methyl sites for hydroxylation is 1. The first kappa shape index (κ1) is 16.8. The number of ether oxygens (including phenoxy) is 2. The molecule has 7 nitrogen and oxygen atoms in total. The van der Waals surface area contributed by atoms with Crippen molar-refractivity contribution in [3.8, 4) is 23.3 Å². The quantitative estimate of drug-likeness (QED) is 0.860. The van der Waals surface area contributed by atoms with Gasteiger partial charge in [0.25, 0.3) is 0 Å². The van der Waals surface area contributed by atoms with E-state index in [0.717, 1.165) is 38.1 Å². The number of rotatable bonds is 4. The van der Waals surface area contributed by atoms with Crippen molar-refractivity contribution in [2.24, 2.45) is 0 Å². The van der Waals surface area contributed by atoms with Crippen LogP contribution in [0.2, 0.25) is 0 Å². The smallest absolute Gasteiger partial charge is 0.200 e. The molecule has 0 fully saturated rings. The van der Waals surface area contributed by atoms with Crippen molar-refractivity contribution in [2.45, 2.75) is 32.2 Å². The molecule has 0 atom stereocenters. The van der Waals surface area contributed by atoms with Gasteiger partial charge in [0, 0.05) is 13.0 Å². The Morgan fingerprint density at radius 3 is 2.56 bits per heavy atom. The highest BCUT2D eigenvalue weighted by atomic mass is 16.5. The number of aromatic nitrogens is 3. The van der Waals surface area contributed by atoms with Crippen molar-refractivity contribution in [1.82, 2.24) is 14.8 Å². The summed E-state index contributed by atoms with van der Waals surface area (Å²) in [6.45, 7) is 0.818. The average Bonchev–Trinajstić information content (AvgIpc) is 2.88. The molecule has 1 N–H and O–H groups in total. The Morgan fingerprint density at radius 2 is 1.92 bits per heavy atom. The first-order valence-electron chi connectivity index (χ1n) is 8.17. The van der Waals surface area contributed by atoms with Crippen LogP contribution in [0.3, 0.4) is 0 Å². The number of fused-ring (bicyclic) bond motifs is 1. The number of benzene rings is 1. The van der Waals surface area contributed by atoms with Gasteiger partial charge in [0.2, 0.25) is 5.75 Å². The van der Waals surface area contributed by atoms with Gasteiger partial charge in [0.1, 0.15) is 11.9 Å². The van der Waals surface area contributed by atoms with Crippen LogP contribution in [-0.4, -0.2) is 34.1 Å². The molecule has 25 heavy (non-hydrogen) atoms. The minimum absolute atomic E-state index is 0.0722. The highest BCUT2D eigenvalue weighted by Crippen LogP contribution is 2.38. The Balaban J connectivity index is 2.05. The van der Waals surface area contributed by atoms with E-state index in [1.165, 1.54) is 14.2 Å². The molecule has 1 aromatic carbocycles. The van der Waals surface area contributed by atoms with Crippen molar-refractivity contribution in [1.29, 1.82) is 5.26 Å². The summed E-state index contributed by atoms with van der Waals surface area (Å²) in [6, 6.07) is 5.50. The summed E-state index contributed by atoms with van der Waals surface area (Å²) in [4.78, 5) is 0. The molecule has 3 rings (SSSR count). The van der Waals surface area contributed by atoms with Gasteiger partial charge in [0.05, 0.1) is 19.8 Å². The summed E-state index contributed by atoms with van der Waals surface area (Å²) in [5, 5.41) is 28.1. The van der Waals surface area contributed by atoms with E-state index in [9.17, 15) is 10.4 Å². The van der Waals surface area contributed by atoms with Gasteiger partial charge in [-0.2, -0.15) is 5.26 Å². The summed E-state index contributed by atoms with van der Waals surface area (Å²) in [5.74, 6) is 1.99. The molecule has 0 radical (unpaired) electrons. The molecule has 0 saturated carbocycles. The number of phenolic OH excluding ortho intramolecular Hbond substituents is 1.